The van der Waals surface area contributed by atoms with Gasteiger partial charge in [-0.05, 0) is 12.8 Å². The molecule has 0 fully saturated rings. The molecule has 1 rings (SSSR count). The van der Waals surface area contributed by atoms with Gasteiger partial charge in [-0.1, -0.05) is 6.92 Å². The fraction of sp³-hybridized carbons (Fsp3) is 0.750. The molecule has 1 aromatic rings. The Morgan fingerprint density at radius 2 is 2.06 bits per heavy atom. The molecule has 5 heteroatoms. The van der Waals surface area contributed by atoms with Gasteiger partial charge in [-0.15, -0.1) is 0 Å². The van der Waals surface area contributed by atoms with Gasteiger partial charge in [0.1, 0.15) is 0 Å². The largest absolute Gasteiger partial charge is 0.396 e. The predicted octanol–water partition coefficient (Wildman–Crippen LogP) is 0.159. The van der Waals surface area contributed by atoms with Gasteiger partial charge in [-0.3, -0.25) is 9.58 Å². The number of aromatic nitrogens is 2. The Morgan fingerprint density at radius 1 is 1.29 bits per heavy atom. The maximum atomic E-state index is 9.02. The van der Waals surface area contributed by atoms with Crippen LogP contribution < -0.4 is 0 Å². The second-order valence-corrected chi connectivity index (χ2v) is 4.21. The van der Waals surface area contributed by atoms with E-state index in [0.717, 1.165) is 31.6 Å². The molecule has 0 bridgehead atoms. The summed E-state index contributed by atoms with van der Waals surface area (Å²) in [6.45, 7) is 4.66. The number of aryl methyl sites for hydroxylation is 2. The number of aliphatic hydroxyl groups excluding tert-OH is 2. The lowest BCUT2D eigenvalue weighted by molar-refractivity contribution is 0.174. The van der Waals surface area contributed by atoms with Crippen molar-refractivity contribution in [3.63, 3.8) is 0 Å². The van der Waals surface area contributed by atoms with E-state index in [2.05, 4.69) is 16.9 Å². The van der Waals surface area contributed by atoms with E-state index in [1.54, 1.807) is 0 Å². The Balaban J connectivity index is 2.63. The van der Waals surface area contributed by atoms with E-state index >= 15 is 0 Å². The fourth-order valence-corrected chi connectivity index (χ4v) is 1.96. The van der Waals surface area contributed by atoms with E-state index in [1.807, 2.05) is 17.9 Å². The first kappa shape index (κ1) is 14.2. The van der Waals surface area contributed by atoms with Crippen LogP contribution in [0.4, 0.5) is 0 Å². The van der Waals surface area contributed by atoms with Crippen molar-refractivity contribution in [2.75, 3.05) is 26.3 Å². The van der Waals surface area contributed by atoms with Crippen LogP contribution in [0.1, 0.15) is 24.6 Å². The molecule has 1 aromatic heterocycles. The molecule has 17 heavy (non-hydrogen) atoms. The zero-order valence-electron chi connectivity index (χ0n) is 10.8. The number of nitrogens with zero attached hydrogens (tertiary/aromatic N) is 3. The minimum atomic E-state index is 0.146. The standard InChI is InChI=1S/C12H23N3O2/c1-3-12-11(9-14(2)13-12)10-15(6-8-17)5-4-7-16/h9,16-17H,3-8,10H2,1-2H3. The smallest absolute Gasteiger partial charge is 0.0666 e. The van der Waals surface area contributed by atoms with Gasteiger partial charge >= 0.3 is 0 Å². The number of hydrogen-bond donors (Lipinski definition) is 2. The average molecular weight is 241 g/mol. The van der Waals surface area contributed by atoms with Crippen LogP contribution in [0.5, 0.6) is 0 Å². The molecule has 98 valence electrons. The van der Waals surface area contributed by atoms with Crippen molar-refractivity contribution in [2.45, 2.75) is 26.3 Å². The molecule has 1 heterocycles. The molecule has 0 aliphatic carbocycles. The summed E-state index contributed by atoms with van der Waals surface area (Å²) < 4.78 is 1.83. The molecule has 0 saturated carbocycles. The van der Waals surface area contributed by atoms with Crippen molar-refractivity contribution in [3.8, 4) is 0 Å². The molecule has 0 radical (unpaired) electrons. The van der Waals surface area contributed by atoms with E-state index in [4.69, 9.17) is 10.2 Å². The van der Waals surface area contributed by atoms with Gasteiger partial charge in [0.05, 0.1) is 12.3 Å². The van der Waals surface area contributed by atoms with Crippen molar-refractivity contribution in [1.29, 1.82) is 0 Å². The lowest BCUT2D eigenvalue weighted by atomic mass is 10.2. The van der Waals surface area contributed by atoms with Crippen molar-refractivity contribution in [2.24, 2.45) is 7.05 Å². The maximum absolute atomic E-state index is 9.02. The Labute approximate surface area is 103 Å². The average Bonchev–Trinajstić information content (AvgIpc) is 2.66. The Kier molecular flexibility index (Phi) is 6.18. The molecule has 0 atom stereocenters. The first-order valence-corrected chi connectivity index (χ1v) is 6.16. The highest BCUT2D eigenvalue weighted by Crippen LogP contribution is 2.10. The van der Waals surface area contributed by atoms with Crippen molar-refractivity contribution in [3.05, 3.63) is 17.5 Å². The topological polar surface area (TPSA) is 61.5 Å². The van der Waals surface area contributed by atoms with Crippen LogP contribution in [0.2, 0.25) is 0 Å². The lowest BCUT2D eigenvalue weighted by Gasteiger charge is -2.20. The van der Waals surface area contributed by atoms with Crippen LogP contribution in [0.15, 0.2) is 6.20 Å². The summed E-state index contributed by atoms with van der Waals surface area (Å²) in [6.07, 6.45) is 3.69. The van der Waals surface area contributed by atoms with Gasteiger partial charge in [0, 0.05) is 45.0 Å². The summed E-state index contributed by atoms with van der Waals surface area (Å²) in [5, 5.41) is 22.3. The van der Waals surface area contributed by atoms with E-state index in [9.17, 15) is 0 Å². The number of aliphatic hydroxyl groups is 2. The lowest BCUT2D eigenvalue weighted by Crippen LogP contribution is -2.28. The Hall–Kier alpha value is -0.910. The third kappa shape index (κ3) is 4.46. The van der Waals surface area contributed by atoms with Gasteiger partial charge in [0.15, 0.2) is 0 Å². The third-order valence-corrected chi connectivity index (χ3v) is 2.77. The van der Waals surface area contributed by atoms with Crippen LogP contribution in [0, 0.1) is 0 Å². The first-order chi connectivity index (χ1) is 8.21. The summed E-state index contributed by atoms with van der Waals surface area (Å²) in [6, 6.07) is 0. The molecular weight excluding hydrogens is 218 g/mol. The van der Waals surface area contributed by atoms with E-state index < -0.39 is 0 Å². The van der Waals surface area contributed by atoms with Gasteiger partial charge in [0.25, 0.3) is 0 Å². The summed E-state index contributed by atoms with van der Waals surface area (Å²) in [5.41, 5.74) is 2.32. The van der Waals surface area contributed by atoms with Crippen LogP contribution in [-0.4, -0.2) is 51.2 Å². The molecule has 0 unspecified atom stereocenters. The quantitative estimate of drug-likeness (QED) is 0.680. The summed E-state index contributed by atoms with van der Waals surface area (Å²) in [7, 11) is 1.92. The zero-order chi connectivity index (χ0) is 12.7. The second kappa shape index (κ2) is 7.42. The van der Waals surface area contributed by atoms with Crippen LogP contribution >= 0.6 is 0 Å². The first-order valence-electron chi connectivity index (χ1n) is 6.16. The summed E-state index contributed by atoms with van der Waals surface area (Å²) in [4.78, 5) is 2.15. The summed E-state index contributed by atoms with van der Waals surface area (Å²) in [5.74, 6) is 0. The minimum Gasteiger partial charge on any atom is -0.396 e. The number of rotatable bonds is 8. The molecule has 0 spiro atoms. The third-order valence-electron chi connectivity index (χ3n) is 2.77. The highest BCUT2D eigenvalue weighted by Gasteiger charge is 2.10. The van der Waals surface area contributed by atoms with E-state index in [0.29, 0.717) is 6.54 Å². The predicted molar refractivity (Wildman–Crippen MR) is 66.7 cm³/mol. The van der Waals surface area contributed by atoms with Crippen molar-refractivity contribution >= 4 is 0 Å². The molecule has 2 N–H and O–H groups in total. The highest BCUT2D eigenvalue weighted by atomic mass is 16.3. The van der Waals surface area contributed by atoms with Crippen LogP contribution in [0.25, 0.3) is 0 Å². The van der Waals surface area contributed by atoms with Gasteiger partial charge in [-0.25, -0.2) is 0 Å². The molecule has 0 aliphatic heterocycles. The highest BCUT2D eigenvalue weighted by molar-refractivity contribution is 5.16. The van der Waals surface area contributed by atoms with Gasteiger partial charge < -0.3 is 10.2 Å². The maximum Gasteiger partial charge on any atom is 0.0666 e. The van der Waals surface area contributed by atoms with Crippen LogP contribution in [-0.2, 0) is 20.0 Å². The Bertz CT molecular complexity index is 326. The van der Waals surface area contributed by atoms with Gasteiger partial charge in [0.2, 0.25) is 0 Å². The molecule has 5 nitrogen and oxygen atoms in total. The van der Waals surface area contributed by atoms with Crippen molar-refractivity contribution < 1.29 is 10.2 Å². The SMILES string of the molecule is CCc1nn(C)cc1CN(CCO)CCCO. The normalized spacial score (nSPS) is 11.4. The minimum absolute atomic E-state index is 0.146. The summed E-state index contributed by atoms with van der Waals surface area (Å²) >= 11 is 0. The molecule has 0 amide bonds. The molecule has 0 saturated heterocycles. The second-order valence-electron chi connectivity index (χ2n) is 4.21. The number of hydrogen-bond acceptors (Lipinski definition) is 4. The molecule has 0 aliphatic rings. The van der Waals surface area contributed by atoms with Crippen LogP contribution in [0.3, 0.4) is 0 Å². The molecular formula is C12H23N3O2. The Morgan fingerprint density at radius 3 is 2.65 bits per heavy atom. The molecule has 0 aromatic carbocycles. The van der Waals surface area contributed by atoms with E-state index in [1.165, 1.54) is 5.56 Å². The fourth-order valence-electron chi connectivity index (χ4n) is 1.96. The van der Waals surface area contributed by atoms with Gasteiger partial charge in [-0.2, -0.15) is 5.10 Å². The monoisotopic (exact) mass is 241 g/mol. The zero-order valence-corrected chi connectivity index (χ0v) is 10.8. The van der Waals surface area contributed by atoms with Crippen molar-refractivity contribution in [1.82, 2.24) is 14.7 Å². The van der Waals surface area contributed by atoms with E-state index in [-0.39, 0.29) is 13.2 Å².